The number of nitrogens with one attached hydrogen (secondary N) is 1. The third kappa shape index (κ3) is 4.21. The van der Waals surface area contributed by atoms with Crippen molar-refractivity contribution in [1.29, 1.82) is 0 Å². The van der Waals surface area contributed by atoms with E-state index in [1.54, 1.807) is 0 Å². The van der Waals surface area contributed by atoms with E-state index in [0.29, 0.717) is 13.0 Å². The summed E-state index contributed by atoms with van der Waals surface area (Å²) < 4.78 is 29.0. The van der Waals surface area contributed by atoms with Crippen molar-refractivity contribution in [3.8, 4) is 0 Å². The minimum atomic E-state index is -3.31. The van der Waals surface area contributed by atoms with Gasteiger partial charge in [-0.15, -0.1) is 0 Å². The van der Waals surface area contributed by atoms with Crippen LogP contribution >= 0.6 is 0 Å². The molecule has 0 amide bonds. The Labute approximate surface area is 142 Å². The smallest absolute Gasteiger partial charge is 0.215 e. The highest BCUT2D eigenvalue weighted by molar-refractivity contribution is 7.88. The summed E-state index contributed by atoms with van der Waals surface area (Å²) in [5, 5.41) is 0. The molecule has 5 nitrogen and oxygen atoms in total. The second kappa shape index (κ2) is 7.15. The number of pyridine rings is 1. The molecule has 3 aromatic rings. The lowest BCUT2D eigenvalue weighted by atomic mass is 10.2. The molecular weight excluding hydrogens is 322 g/mol. The maximum absolute atomic E-state index is 12.2. The minimum Gasteiger partial charge on any atom is -0.304 e. The third-order valence-corrected chi connectivity index (χ3v) is 5.21. The van der Waals surface area contributed by atoms with Crippen molar-refractivity contribution in [2.75, 3.05) is 6.54 Å². The van der Waals surface area contributed by atoms with E-state index in [4.69, 9.17) is 0 Å². The lowest BCUT2D eigenvalue weighted by Crippen LogP contribution is -2.26. The topological polar surface area (TPSA) is 63.5 Å². The number of imidazole rings is 1. The van der Waals surface area contributed by atoms with Gasteiger partial charge in [0, 0.05) is 19.2 Å². The van der Waals surface area contributed by atoms with Gasteiger partial charge in [-0.3, -0.25) is 0 Å². The molecule has 0 saturated heterocycles. The Morgan fingerprint density at radius 3 is 2.88 bits per heavy atom. The van der Waals surface area contributed by atoms with Crippen molar-refractivity contribution < 1.29 is 8.42 Å². The Balaban J connectivity index is 1.52. The largest absolute Gasteiger partial charge is 0.304 e. The summed E-state index contributed by atoms with van der Waals surface area (Å²) in [6.45, 7) is 2.37. The second-order valence-electron chi connectivity index (χ2n) is 5.92. The number of hydrogen-bond donors (Lipinski definition) is 1. The molecule has 2 heterocycles. The van der Waals surface area contributed by atoms with Crippen LogP contribution in [-0.4, -0.2) is 24.3 Å². The van der Waals surface area contributed by atoms with Crippen LogP contribution in [0.25, 0.3) is 5.52 Å². The number of benzene rings is 1. The molecule has 3 rings (SSSR count). The monoisotopic (exact) mass is 343 g/mol. The van der Waals surface area contributed by atoms with Crippen molar-refractivity contribution in [3.05, 3.63) is 71.8 Å². The maximum Gasteiger partial charge on any atom is 0.215 e. The van der Waals surface area contributed by atoms with Crippen molar-refractivity contribution in [2.45, 2.75) is 25.5 Å². The first kappa shape index (κ1) is 16.7. The van der Waals surface area contributed by atoms with Gasteiger partial charge in [-0.1, -0.05) is 35.9 Å². The van der Waals surface area contributed by atoms with Crippen molar-refractivity contribution in [2.24, 2.45) is 0 Å². The van der Waals surface area contributed by atoms with Gasteiger partial charge in [0.25, 0.3) is 0 Å². The summed E-state index contributed by atoms with van der Waals surface area (Å²) in [4.78, 5) is 4.39. The van der Waals surface area contributed by atoms with Gasteiger partial charge >= 0.3 is 0 Å². The molecule has 0 fully saturated rings. The van der Waals surface area contributed by atoms with E-state index in [0.717, 1.165) is 28.9 Å². The molecule has 2 aromatic heterocycles. The summed E-state index contributed by atoms with van der Waals surface area (Å²) in [5.74, 6) is 0.963. The van der Waals surface area contributed by atoms with Gasteiger partial charge in [-0.25, -0.2) is 18.1 Å². The molecule has 0 atom stereocenters. The molecule has 126 valence electrons. The van der Waals surface area contributed by atoms with Crippen LogP contribution in [0.3, 0.4) is 0 Å². The molecular formula is C18H21N3O2S. The van der Waals surface area contributed by atoms with Crippen LogP contribution < -0.4 is 4.72 Å². The fourth-order valence-corrected chi connectivity index (χ4v) is 3.91. The van der Waals surface area contributed by atoms with Gasteiger partial charge in [0.05, 0.1) is 17.5 Å². The SMILES string of the molecule is Cc1cccc(CS(=O)(=O)NCCCc2ncc3ccccn23)c1. The van der Waals surface area contributed by atoms with Crippen LogP contribution in [0.5, 0.6) is 0 Å². The maximum atomic E-state index is 12.2. The van der Waals surface area contributed by atoms with Gasteiger partial charge in [0.1, 0.15) is 5.82 Å². The number of aromatic nitrogens is 2. The van der Waals surface area contributed by atoms with Crippen LogP contribution in [-0.2, 0) is 22.2 Å². The minimum absolute atomic E-state index is 0.0149. The number of fused-ring (bicyclic) bond motifs is 1. The first-order valence-corrected chi connectivity index (χ1v) is 9.62. The van der Waals surface area contributed by atoms with Crippen LogP contribution in [0.1, 0.15) is 23.4 Å². The zero-order valence-electron chi connectivity index (χ0n) is 13.6. The number of rotatable bonds is 7. The van der Waals surface area contributed by atoms with Gasteiger partial charge < -0.3 is 4.40 Å². The normalized spacial score (nSPS) is 11.9. The molecule has 0 bridgehead atoms. The van der Waals surface area contributed by atoms with E-state index in [-0.39, 0.29) is 5.75 Å². The summed E-state index contributed by atoms with van der Waals surface area (Å²) in [6, 6.07) is 13.5. The van der Waals surface area contributed by atoms with E-state index in [2.05, 4.69) is 9.71 Å². The van der Waals surface area contributed by atoms with Crippen LogP contribution in [0.4, 0.5) is 0 Å². The molecule has 0 unspecified atom stereocenters. The van der Waals surface area contributed by atoms with Crippen molar-refractivity contribution in [3.63, 3.8) is 0 Å². The highest BCUT2D eigenvalue weighted by Crippen LogP contribution is 2.09. The summed E-state index contributed by atoms with van der Waals surface area (Å²) >= 11 is 0. The number of hydrogen-bond acceptors (Lipinski definition) is 3. The first-order valence-electron chi connectivity index (χ1n) is 7.97. The van der Waals surface area contributed by atoms with E-state index in [1.807, 2.05) is 66.2 Å². The summed E-state index contributed by atoms with van der Waals surface area (Å²) in [6.07, 6.45) is 5.24. The Hall–Kier alpha value is -2.18. The predicted octanol–water partition coefficient (Wildman–Crippen LogP) is 2.69. The van der Waals surface area contributed by atoms with Crippen molar-refractivity contribution >= 4 is 15.5 Å². The van der Waals surface area contributed by atoms with E-state index in [1.165, 1.54) is 0 Å². The van der Waals surface area contributed by atoms with Crippen LogP contribution in [0.15, 0.2) is 54.9 Å². The fraction of sp³-hybridized carbons (Fsp3) is 0.278. The molecule has 0 aliphatic heterocycles. The molecule has 24 heavy (non-hydrogen) atoms. The van der Waals surface area contributed by atoms with Gasteiger partial charge in [-0.2, -0.15) is 0 Å². The van der Waals surface area contributed by atoms with E-state index >= 15 is 0 Å². The highest BCUT2D eigenvalue weighted by atomic mass is 32.2. The lowest BCUT2D eigenvalue weighted by molar-refractivity contribution is 0.577. The summed E-state index contributed by atoms with van der Waals surface area (Å²) in [7, 11) is -3.31. The van der Waals surface area contributed by atoms with Crippen molar-refractivity contribution in [1.82, 2.24) is 14.1 Å². The number of nitrogens with zero attached hydrogens (tertiary/aromatic N) is 2. The molecule has 0 radical (unpaired) electrons. The molecule has 0 spiro atoms. The predicted molar refractivity (Wildman–Crippen MR) is 95.3 cm³/mol. The fourth-order valence-electron chi connectivity index (χ4n) is 2.73. The van der Waals surface area contributed by atoms with Gasteiger partial charge in [0.15, 0.2) is 0 Å². The van der Waals surface area contributed by atoms with E-state index in [9.17, 15) is 8.42 Å². The average Bonchev–Trinajstić information content (AvgIpc) is 2.94. The van der Waals surface area contributed by atoms with Crippen LogP contribution in [0, 0.1) is 6.92 Å². The highest BCUT2D eigenvalue weighted by Gasteiger charge is 2.11. The standard InChI is InChI=1S/C18H21N3O2S/c1-15-6-4-7-16(12-15)14-24(22,23)20-10-5-9-18-19-13-17-8-2-3-11-21(17)18/h2-4,6-8,11-13,20H,5,9-10,14H2,1H3. The quantitative estimate of drug-likeness (QED) is 0.671. The lowest BCUT2D eigenvalue weighted by Gasteiger charge is -2.07. The molecule has 0 aliphatic carbocycles. The third-order valence-electron chi connectivity index (χ3n) is 3.85. The molecule has 6 heteroatoms. The average molecular weight is 343 g/mol. The number of aryl methyl sites for hydroxylation is 2. The first-order chi connectivity index (χ1) is 11.5. The van der Waals surface area contributed by atoms with Gasteiger partial charge in [0.2, 0.25) is 10.0 Å². The Kier molecular flexibility index (Phi) is 4.97. The zero-order chi connectivity index (χ0) is 17.0. The molecule has 0 aliphatic rings. The molecule has 1 N–H and O–H groups in total. The van der Waals surface area contributed by atoms with Crippen LogP contribution in [0.2, 0.25) is 0 Å². The van der Waals surface area contributed by atoms with Gasteiger partial charge in [-0.05, 0) is 31.0 Å². The summed E-state index contributed by atoms with van der Waals surface area (Å²) in [5.41, 5.74) is 2.92. The Morgan fingerprint density at radius 1 is 1.17 bits per heavy atom. The molecule has 0 saturated carbocycles. The second-order valence-corrected chi connectivity index (χ2v) is 7.72. The van der Waals surface area contributed by atoms with E-state index < -0.39 is 10.0 Å². The Morgan fingerprint density at radius 2 is 2.04 bits per heavy atom. The zero-order valence-corrected chi connectivity index (χ0v) is 14.5. The number of sulfonamides is 1. The molecule has 1 aromatic carbocycles. The Bertz CT molecular complexity index is 932.